The summed E-state index contributed by atoms with van der Waals surface area (Å²) in [6.07, 6.45) is -32.8. The summed E-state index contributed by atoms with van der Waals surface area (Å²) >= 11 is 0. The van der Waals surface area contributed by atoms with Crippen LogP contribution in [0.2, 0.25) is 0 Å². The van der Waals surface area contributed by atoms with Crippen molar-refractivity contribution in [1.29, 1.82) is 0 Å². The summed E-state index contributed by atoms with van der Waals surface area (Å²) in [7, 11) is 0. The Labute approximate surface area is 431 Å². The zero-order chi connectivity index (χ0) is 55.3. The molecule has 0 radical (unpaired) electrons. The summed E-state index contributed by atoms with van der Waals surface area (Å²) in [4.78, 5) is 17.4. The van der Waals surface area contributed by atoms with Gasteiger partial charge in [0.05, 0.1) is 0 Å². The van der Waals surface area contributed by atoms with Gasteiger partial charge in [0.25, 0.3) is 6.10 Å². The van der Waals surface area contributed by atoms with E-state index in [0.717, 1.165) is 71.4 Å². The van der Waals surface area contributed by atoms with E-state index >= 15 is 0 Å². The fourth-order valence-corrected chi connectivity index (χ4v) is 7.92. The van der Waals surface area contributed by atoms with Crippen molar-refractivity contribution in [1.82, 2.24) is 20.0 Å². The maximum atomic E-state index is 12.8. The molecule has 6 aromatic rings. The van der Waals surface area contributed by atoms with Gasteiger partial charge in [-0.25, -0.2) is 4.79 Å². The highest BCUT2D eigenvalue weighted by molar-refractivity contribution is 5.69. The molecular weight excluding hydrogens is 1020 g/mol. The van der Waals surface area contributed by atoms with E-state index in [9.17, 15) is 57.5 Å². The second-order valence-corrected chi connectivity index (χ2v) is 17.8. The number of benzene rings is 6. The number of hydrogen-bond acceptors (Lipinski definition) is 8. The summed E-state index contributed by atoms with van der Waals surface area (Å²) in [5.41, 5.74) is 8.82. The van der Waals surface area contributed by atoms with E-state index in [2.05, 4.69) is 70.4 Å². The number of para-hydroxylation sites is 2. The van der Waals surface area contributed by atoms with E-state index in [1.165, 1.54) is 22.3 Å². The lowest BCUT2D eigenvalue weighted by Crippen LogP contribution is -2.52. The molecule has 2 heterocycles. The van der Waals surface area contributed by atoms with Crippen molar-refractivity contribution >= 4 is 6.09 Å². The molecule has 0 aliphatic carbocycles. The van der Waals surface area contributed by atoms with Crippen molar-refractivity contribution in [2.75, 3.05) is 52.4 Å². The van der Waals surface area contributed by atoms with Gasteiger partial charge < -0.3 is 29.5 Å². The normalized spacial score (nSPS) is 14.8. The number of aryl methyl sites for hydroxylation is 2. The number of rotatable bonds is 11. The number of ether oxygens (including phenoxy) is 3. The first-order chi connectivity index (χ1) is 35.8. The Balaban J connectivity index is 0.000000218. The van der Waals surface area contributed by atoms with E-state index in [0.29, 0.717) is 18.0 Å². The molecule has 0 saturated carbocycles. The summed E-state index contributed by atoms with van der Waals surface area (Å²) in [5, 5.41) is 10.9. The number of halogens is 12. The number of piperazine rings is 2. The van der Waals surface area contributed by atoms with Crippen LogP contribution in [0.3, 0.4) is 0 Å². The third kappa shape index (κ3) is 17.6. The van der Waals surface area contributed by atoms with Crippen LogP contribution in [0.4, 0.5) is 57.5 Å². The van der Waals surface area contributed by atoms with Crippen LogP contribution in [0.15, 0.2) is 146 Å². The molecule has 1 amide bonds. The molecule has 0 atom stereocenters. The minimum absolute atomic E-state index is 0.0858. The Morgan fingerprint density at radius 2 is 0.895 bits per heavy atom. The van der Waals surface area contributed by atoms with E-state index in [1.807, 2.05) is 109 Å². The quantitative estimate of drug-likeness (QED) is 0.124. The van der Waals surface area contributed by atoms with Crippen LogP contribution < -0.4 is 14.8 Å². The molecule has 2 saturated heterocycles. The molecule has 2 aliphatic heterocycles. The van der Waals surface area contributed by atoms with Crippen molar-refractivity contribution in [2.45, 2.75) is 63.9 Å². The van der Waals surface area contributed by atoms with Crippen molar-refractivity contribution in [3.63, 3.8) is 0 Å². The van der Waals surface area contributed by atoms with Gasteiger partial charge in [-0.3, -0.25) is 9.80 Å². The lowest BCUT2D eigenvalue weighted by molar-refractivity contribution is -0.309. The van der Waals surface area contributed by atoms with Crippen LogP contribution in [-0.2, 0) is 17.8 Å². The monoisotopic (exact) mass is 1080 g/mol. The Hall–Kier alpha value is -6.81. The van der Waals surface area contributed by atoms with E-state index < -0.39 is 43.0 Å². The van der Waals surface area contributed by atoms with Gasteiger partial charge in [-0.15, -0.1) is 0 Å². The van der Waals surface area contributed by atoms with Crippen LogP contribution in [0.5, 0.6) is 23.0 Å². The predicted molar refractivity (Wildman–Crippen MR) is 262 cm³/mol. The maximum Gasteiger partial charge on any atom is 0.434 e. The molecule has 8 rings (SSSR count). The molecule has 0 bridgehead atoms. The highest BCUT2D eigenvalue weighted by Gasteiger charge is 2.60. The Morgan fingerprint density at radius 1 is 0.500 bits per heavy atom. The number of aliphatic hydroxyl groups excluding tert-OH is 1. The highest BCUT2D eigenvalue weighted by atomic mass is 19.4. The molecule has 2 N–H and O–H groups in total. The molecule has 0 aromatic heterocycles. The average molecular weight is 1080 g/mol. The lowest BCUT2D eigenvalue weighted by atomic mass is 10.0. The second-order valence-electron chi connectivity index (χ2n) is 17.8. The number of amides is 1. The summed E-state index contributed by atoms with van der Waals surface area (Å²) in [5.74, 6) is 3.07. The maximum absolute atomic E-state index is 12.8. The summed E-state index contributed by atoms with van der Waals surface area (Å²) in [6.45, 7) is 9.97. The standard InChI is InChI=1S/C28H26F6N2O3.C24H26N2O.C3H2F6O/c1-19-6-5-7-20(16-19)21-10-11-22(24(17-21)38-23-8-3-2-4-9-23)18-35-12-14-36(15-13-35)26(37)39-25(27(29,30)31)28(32,33)34;1-19-6-5-7-20(16-19)21-10-11-22(18-26-14-12-25-13-15-26)24(17-21)27-23-8-3-2-4-9-23;4-2(5,6)1(10)3(7,8)9/h2-11,16-17,25H,12-15,18H2,1H3;2-11,16-17,25H,12-15,18H2,1H3;1,10H. The van der Waals surface area contributed by atoms with E-state index in [-0.39, 0.29) is 26.2 Å². The van der Waals surface area contributed by atoms with Gasteiger partial charge in [0, 0.05) is 76.6 Å². The molecule has 76 heavy (non-hydrogen) atoms. The summed E-state index contributed by atoms with van der Waals surface area (Å²) in [6, 6.07) is 48.3. The minimum Gasteiger partial charge on any atom is -0.457 e. The number of aliphatic hydroxyl groups is 1. The van der Waals surface area contributed by atoms with Crippen LogP contribution in [0.25, 0.3) is 22.3 Å². The van der Waals surface area contributed by atoms with Gasteiger partial charge in [0.2, 0.25) is 6.10 Å². The Morgan fingerprint density at radius 3 is 1.26 bits per heavy atom. The lowest BCUT2D eigenvalue weighted by Gasteiger charge is -2.35. The molecule has 21 heteroatoms. The van der Waals surface area contributed by atoms with Gasteiger partial charge in [-0.1, -0.05) is 120 Å². The van der Waals surface area contributed by atoms with Gasteiger partial charge >= 0.3 is 30.8 Å². The topological polar surface area (TPSA) is 86.7 Å². The number of alkyl halides is 12. The first-order valence-electron chi connectivity index (χ1n) is 23.7. The number of hydrogen-bond donors (Lipinski definition) is 2. The van der Waals surface area contributed by atoms with Crippen LogP contribution in [0, 0.1) is 13.8 Å². The van der Waals surface area contributed by atoms with Crippen molar-refractivity contribution in [3.05, 3.63) is 168 Å². The number of nitrogens with zero attached hydrogens (tertiary/aromatic N) is 3. The smallest absolute Gasteiger partial charge is 0.434 e. The zero-order valence-corrected chi connectivity index (χ0v) is 41.0. The highest BCUT2D eigenvalue weighted by Crippen LogP contribution is 2.38. The molecule has 9 nitrogen and oxygen atoms in total. The van der Waals surface area contributed by atoms with Gasteiger partial charge in [-0.05, 0) is 72.5 Å². The van der Waals surface area contributed by atoms with E-state index in [4.69, 9.17) is 14.6 Å². The van der Waals surface area contributed by atoms with Crippen molar-refractivity contribution in [3.8, 4) is 45.3 Å². The predicted octanol–water partition coefficient (Wildman–Crippen LogP) is 13.5. The van der Waals surface area contributed by atoms with Crippen molar-refractivity contribution < 1.29 is 76.8 Å². The van der Waals surface area contributed by atoms with Crippen LogP contribution in [-0.4, -0.2) is 115 Å². The van der Waals surface area contributed by atoms with Gasteiger partial charge in [0.15, 0.2) is 0 Å². The fourth-order valence-electron chi connectivity index (χ4n) is 7.92. The molecule has 408 valence electrons. The third-order valence-corrected chi connectivity index (χ3v) is 11.8. The first-order valence-corrected chi connectivity index (χ1v) is 23.7. The number of nitrogens with one attached hydrogen (secondary N) is 1. The first kappa shape index (κ1) is 58.5. The fraction of sp³-hybridized carbons (Fsp3) is 0.327. The minimum atomic E-state index is -5.75. The molecule has 2 fully saturated rings. The molecule has 0 unspecified atom stereocenters. The molecule has 2 aliphatic rings. The average Bonchev–Trinajstić information content (AvgIpc) is 3.37. The Bertz CT molecular complexity index is 2750. The van der Waals surface area contributed by atoms with Crippen LogP contribution >= 0.6 is 0 Å². The molecule has 6 aromatic carbocycles. The molecular formula is C55H54F12N4O5. The second kappa shape index (κ2) is 25.8. The van der Waals surface area contributed by atoms with Crippen molar-refractivity contribution in [2.24, 2.45) is 0 Å². The molecule has 0 spiro atoms. The van der Waals surface area contributed by atoms with Gasteiger partial charge in [0.1, 0.15) is 23.0 Å². The van der Waals surface area contributed by atoms with Crippen LogP contribution in [0.1, 0.15) is 22.3 Å². The van der Waals surface area contributed by atoms with E-state index in [1.54, 1.807) is 0 Å². The Kier molecular flexibility index (Phi) is 19.9. The SMILES string of the molecule is Cc1cccc(-c2ccc(CN3CCN(C(=O)OC(C(F)(F)F)C(F)(F)F)CC3)c(Oc3ccccc3)c2)c1.Cc1cccc(-c2ccc(CN3CCNCC3)c(Oc3ccccc3)c2)c1.OC(C(F)(F)F)C(F)(F)F. The number of carbonyl (C=O) groups excluding carboxylic acids is 1. The van der Waals surface area contributed by atoms with Gasteiger partial charge in [-0.2, -0.15) is 52.7 Å². The largest absolute Gasteiger partial charge is 0.457 e. The number of carbonyl (C=O) groups is 1. The summed E-state index contributed by atoms with van der Waals surface area (Å²) < 4.78 is 159. The zero-order valence-electron chi connectivity index (χ0n) is 41.0. The third-order valence-electron chi connectivity index (χ3n) is 11.8.